The lowest BCUT2D eigenvalue weighted by Gasteiger charge is -2.13. The Balaban J connectivity index is 1.44. The van der Waals surface area contributed by atoms with Crippen molar-refractivity contribution in [2.24, 2.45) is 0 Å². The fraction of sp³-hybridized carbons (Fsp3) is 0.261. The Morgan fingerprint density at radius 1 is 1.12 bits per heavy atom. The van der Waals surface area contributed by atoms with Crippen LogP contribution in [0.15, 0.2) is 58.3 Å². The number of rotatable bonds is 10. The molecule has 0 aliphatic carbocycles. The Morgan fingerprint density at radius 2 is 1.84 bits per heavy atom. The third-order valence-electron chi connectivity index (χ3n) is 4.60. The second-order valence-corrected chi connectivity index (χ2v) is 8.58. The average Bonchev–Trinajstić information content (AvgIpc) is 3.07. The molecule has 1 heterocycles. The topological polar surface area (TPSA) is 84.9 Å². The zero-order chi connectivity index (χ0) is 22.9. The van der Waals surface area contributed by atoms with Gasteiger partial charge in [-0.05, 0) is 53.9 Å². The van der Waals surface area contributed by atoms with Crippen LogP contribution in [0.3, 0.4) is 0 Å². The Hall–Kier alpha value is -2.91. The van der Waals surface area contributed by atoms with Crippen LogP contribution in [0.4, 0.5) is 4.79 Å². The molecule has 0 saturated carbocycles. The average molecular weight is 473 g/mol. The minimum Gasteiger partial charge on any atom is -0.493 e. The molecule has 1 fully saturated rings. The number of hydrogen-bond donors (Lipinski definition) is 1. The minimum absolute atomic E-state index is 0.118. The van der Waals surface area contributed by atoms with Gasteiger partial charge in [0.1, 0.15) is 0 Å². The molecule has 0 unspecified atom stereocenters. The SMILES string of the molecule is COc1ccccc1OCCC(=O)NCCN1C(=O)S/C(=C\c2ccc(SC)cc2)C1=O. The van der Waals surface area contributed by atoms with E-state index in [1.165, 1.54) is 0 Å². The molecule has 7 nitrogen and oxygen atoms in total. The fourth-order valence-electron chi connectivity index (χ4n) is 2.93. The van der Waals surface area contributed by atoms with Crippen LogP contribution in [0.2, 0.25) is 0 Å². The summed E-state index contributed by atoms with van der Waals surface area (Å²) in [6, 6.07) is 14.9. The van der Waals surface area contributed by atoms with Gasteiger partial charge in [0.2, 0.25) is 5.91 Å². The van der Waals surface area contributed by atoms with Crippen molar-refractivity contribution in [1.82, 2.24) is 10.2 Å². The highest BCUT2D eigenvalue weighted by Crippen LogP contribution is 2.32. The van der Waals surface area contributed by atoms with Gasteiger partial charge in [0.15, 0.2) is 11.5 Å². The van der Waals surface area contributed by atoms with Crippen molar-refractivity contribution >= 4 is 46.7 Å². The summed E-state index contributed by atoms with van der Waals surface area (Å²) in [5.41, 5.74) is 0.858. The van der Waals surface area contributed by atoms with Crippen molar-refractivity contribution in [1.29, 1.82) is 0 Å². The number of ether oxygens (including phenoxy) is 2. The number of imide groups is 1. The maximum Gasteiger partial charge on any atom is 0.293 e. The lowest BCUT2D eigenvalue weighted by Crippen LogP contribution is -2.37. The number of methoxy groups -OCH3 is 1. The highest BCUT2D eigenvalue weighted by molar-refractivity contribution is 8.18. The van der Waals surface area contributed by atoms with E-state index < -0.39 is 0 Å². The largest absolute Gasteiger partial charge is 0.493 e. The fourth-order valence-corrected chi connectivity index (χ4v) is 4.20. The molecule has 0 atom stereocenters. The van der Waals surface area contributed by atoms with E-state index in [0.29, 0.717) is 16.4 Å². The maximum absolute atomic E-state index is 12.6. The first kappa shape index (κ1) is 23.7. The highest BCUT2D eigenvalue weighted by Gasteiger charge is 2.34. The number of carbonyl (C=O) groups is 3. The molecule has 32 heavy (non-hydrogen) atoms. The van der Waals surface area contributed by atoms with Crippen molar-refractivity contribution in [2.45, 2.75) is 11.3 Å². The molecule has 1 aliphatic rings. The summed E-state index contributed by atoms with van der Waals surface area (Å²) in [5, 5.41) is 2.38. The van der Waals surface area contributed by atoms with Gasteiger partial charge in [-0.1, -0.05) is 24.3 Å². The van der Waals surface area contributed by atoms with E-state index in [1.54, 1.807) is 37.1 Å². The van der Waals surface area contributed by atoms with Crippen molar-refractivity contribution in [2.75, 3.05) is 33.1 Å². The molecule has 2 aromatic rings. The third-order valence-corrected chi connectivity index (χ3v) is 6.25. The van der Waals surface area contributed by atoms with Crippen molar-refractivity contribution < 1.29 is 23.9 Å². The number of para-hydroxylation sites is 2. The van der Waals surface area contributed by atoms with Crippen LogP contribution < -0.4 is 14.8 Å². The number of amides is 3. The van der Waals surface area contributed by atoms with Gasteiger partial charge in [-0.25, -0.2) is 0 Å². The Morgan fingerprint density at radius 3 is 2.53 bits per heavy atom. The summed E-state index contributed by atoms with van der Waals surface area (Å²) < 4.78 is 10.8. The van der Waals surface area contributed by atoms with E-state index in [1.807, 2.05) is 42.7 Å². The van der Waals surface area contributed by atoms with Crippen molar-refractivity contribution in [3.05, 3.63) is 59.0 Å². The molecule has 168 valence electrons. The number of benzene rings is 2. The quantitative estimate of drug-likeness (QED) is 0.413. The van der Waals surface area contributed by atoms with Crippen molar-refractivity contribution in [3.8, 4) is 11.5 Å². The number of carbonyl (C=O) groups excluding carboxylic acids is 3. The molecule has 3 rings (SSSR count). The van der Waals surface area contributed by atoms with Gasteiger partial charge in [-0.15, -0.1) is 11.8 Å². The third kappa shape index (κ3) is 6.30. The van der Waals surface area contributed by atoms with E-state index in [4.69, 9.17) is 9.47 Å². The van der Waals surface area contributed by atoms with Crippen LogP contribution in [-0.4, -0.2) is 55.0 Å². The van der Waals surface area contributed by atoms with Gasteiger partial charge < -0.3 is 14.8 Å². The normalized spacial score (nSPS) is 14.7. The van der Waals surface area contributed by atoms with E-state index in [9.17, 15) is 14.4 Å². The molecular weight excluding hydrogens is 448 g/mol. The molecule has 1 aliphatic heterocycles. The molecule has 0 bridgehead atoms. The predicted octanol–water partition coefficient (Wildman–Crippen LogP) is 4.04. The van der Waals surface area contributed by atoms with Gasteiger partial charge in [0.25, 0.3) is 11.1 Å². The smallest absolute Gasteiger partial charge is 0.293 e. The van der Waals surface area contributed by atoms with E-state index in [-0.39, 0.29) is 43.2 Å². The predicted molar refractivity (Wildman–Crippen MR) is 127 cm³/mol. The van der Waals surface area contributed by atoms with Crippen LogP contribution >= 0.6 is 23.5 Å². The lowest BCUT2D eigenvalue weighted by atomic mass is 10.2. The zero-order valence-electron chi connectivity index (χ0n) is 17.8. The summed E-state index contributed by atoms with van der Waals surface area (Å²) in [5.74, 6) is 0.593. The first-order chi connectivity index (χ1) is 15.5. The first-order valence-electron chi connectivity index (χ1n) is 9.93. The maximum atomic E-state index is 12.6. The summed E-state index contributed by atoms with van der Waals surface area (Å²) >= 11 is 2.54. The van der Waals surface area contributed by atoms with Gasteiger partial charge in [0, 0.05) is 18.0 Å². The zero-order valence-corrected chi connectivity index (χ0v) is 19.5. The van der Waals surface area contributed by atoms with Crippen molar-refractivity contribution in [3.63, 3.8) is 0 Å². The molecule has 9 heteroatoms. The van der Waals surface area contributed by atoms with Gasteiger partial charge in [0.05, 0.1) is 25.0 Å². The minimum atomic E-state index is -0.345. The molecule has 0 radical (unpaired) electrons. The summed E-state index contributed by atoms with van der Waals surface area (Å²) in [6.07, 6.45) is 3.85. The van der Waals surface area contributed by atoms with E-state index in [2.05, 4.69) is 5.32 Å². The van der Waals surface area contributed by atoms with E-state index >= 15 is 0 Å². The standard InChI is InChI=1S/C23H24N2O5S2/c1-29-18-5-3-4-6-19(18)30-14-11-21(26)24-12-13-25-22(27)20(32-23(25)28)15-16-7-9-17(31-2)10-8-16/h3-10,15H,11-14H2,1-2H3,(H,24,26)/b20-15-. The second kappa shape index (κ2) is 11.6. The van der Waals surface area contributed by atoms with Crippen LogP contribution in [0, 0.1) is 0 Å². The first-order valence-corrected chi connectivity index (χ1v) is 12.0. The van der Waals surface area contributed by atoms with Gasteiger partial charge >= 0.3 is 0 Å². The summed E-state index contributed by atoms with van der Waals surface area (Å²) in [4.78, 5) is 39.5. The molecular formula is C23H24N2O5S2. The second-order valence-electron chi connectivity index (χ2n) is 6.71. The monoisotopic (exact) mass is 472 g/mol. The summed E-state index contributed by atoms with van der Waals surface area (Å²) in [6.45, 7) is 0.486. The summed E-state index contributed by atoms with van der Waals surface area (Å²) in [7, 11) is 1.55. The number of hydrogen-bond acceptors (Lipinski definition) is 7. The Labute approximate surface area is 195 Å². The van der Waals surface area contributed by atoms with Crippen LogP contribution in [0.25, 0.3) is 6.08 Å². The van der Waals surface area contributed by atoms with Crippen LogP contribution in [-0.2, 0) is 9.59 Å². The van der Waals surface area contributed by atoms with Gasteiger partial charge in [-0.3, -0.25) is 19.3 Å². The lowest BCUT2D eigenvalue weighted by molar-refractivity contribution is -0.124. The van der Waals surface area contributed by atoms with E-state index in [0.717, 1.165) is 27.1 Å². The number of nitrogens with zero attached hydrogens (tertiary/aromatic N) is 1. The molecule has 0 spiro atoms. The molecule has 0 aromatic heterocycles. The number of thioether (sulfide) groups is 2. The van der Waals surface area contributed by atoms with Crippen LogP contribution in [0.5, 0.6) is 11.5 Å². The molecule has 2 aromatic carbocycles. The molecule has 3 amide bonds. The molecule has 1 saturated heterocycles. The number of nitrogens with one attached hydrogen (secondary N) is 1. The Bertz CT molecular complexity index is 1010. The van der Waals surface area contributed by atoms with Gasteiger partial charge in [-0.2, -0.15) is 0 Å². The molecule has 1 N–H and O–H groups in total. The highest BCUT2D eigenvalue weighted by atomic mass is 32.2. The Kier molecular flexibility index (Phi) is 8.64. The van der Waals surface area contributed by atoms with Crippen LogP contribution in [0.1, 0.15) is 12.0 Å².